The Morgan fingerprint density at radius 3 is 2.55 bits per heavy atom. The molecule has 0 aliphatic rings. The first-order valence-electron chi connectivity index (χ1n) is 6.50. The van der Waals surface area contributed by atoms with Gasteiger partial charge in [-0.2, -0.15) is 0 Å². The van der Waals surface area contributed by atoms with Crippen LogP contribution >= 0.6 is 0 Å². The van der Waals surface area contributed by atoms with E-state index in [9.17, 15) is 0 Å². The van der Waals surface area contributed by atoms with Gasteiger partial charge in [-0.3, -0.25) is 0 Å². The predicted molar refractivity (Wildman–Crippen MR) is 78.0 cm³/mol. The largest absolute Gasteiger partial charge is 0.496 e. The standard InChI is InChI=1S/C15H19N3O2/c1-11(16-2)10-20-12-8-17-15(18-9-12)13-6-4-5-7-14(13)19-3/h4-9,11,16H,10H2,1-3H3. The summed E-state index contributed by atoms with van der Waals surface area (Å²) in [6.07, 6.45) is 3.36. The van der Waals surface area contributed by atoms with E-state index < -0.39 is 0 Å². The third-order valence-corrected chi connectivity index (χ3v) is 2.97. The minimum atomic E-state index is 0.281. The lowest BCUT2D eigenvalue weighted by molar-refractivity contribution is 0.278. The Kier molecular flexibility index (Phi) is 4.90. The molecule has 1 heterocycles. The number of methoxy groups -OCH3 is 1. The third kappa shape index (κ3) is 3.45. The molecule has 0 amide bonds. The van der Waals surface area contributed by atoms with E-state index in [1.807, 2.05) is 38.2 Å². The fourth-order valence-electron chi connectivity index (χ4n) is 1.66. The van der Waals surface area contributed by atoms with Gasteiger partial charge in [0.15, 0.2) is 11.6 Å². The van der Waals surface area contributed by atoms with Gasteiger partial charge in [0.2, 0.25) is 0 Å². The van der Waals surface area contributed by atoms with Crippen LogP contribution in [0.1, 0.15) is 6.92 Å². The van der Waals surface area contributed by atoms with Crippen molar-refractivity contribution in [2.45, 2.75) is 13.0 Å². The van der Waals surface area contributed by atoms with Crippen molar-refractivity contribution in [3.63, 3.8) is 0 Å². The molecule has 106 valence electrons. The van der Waals surface area contributed by atoms with Gasteiger partial charge in [0.05, 0.1) is 25.1 Å². The van der Waals surface area contributed by atoms with Crippen LogP contribution in [0.4, 0.5) is 0 Å². The highest BCUT2D eigenvalue weighted by Crippen LogP contribution is 2.26. The highest BCUT2D eigenvalue weighted by molar-refractivity contribution is 5.63. The zero-order valence-electron chi connectivity index (χ0n) is 12.0. The molecule has 2 rings (SSSR count). The minimum absolute atomic E-state index is 0.281. The molecule has 0 fully saturated rings. The van der Waals surface area contributed by atoms with Gasteiger partial charge in [-0.1, -0.05) is 12.1 Å². The minimum Gasteiger partial charge on any atom is -0.496 e. The summed E-state index contributed by atoms with van der Waals surface area (Å²) in [6.45, 7) is 2.62. The maximum atomic E-state index is 5.59. The van der Waals surface area contributed by atoms with Gasteiger partial charge in [0.25, 0.3) is 0 Å². The average Bonchev–Trinajstić information content (AvgIpc) is 2.53. The maximum Gasteiger partial charge on any atom is 0.163 e. The van der Waals surface area contributed by atoms with Gasteiger partial charge in [0.1, 0.15) is 12.4 Å². The van der Waals surface area contributed by atoms with Crippen molar-refractivity contribution in [2.24, 2.45) is 0 Å². The molecule has 0 aliphatic heterocycles. The number of likely N-dealkylation sites (N-methyl/N-ethyl adjacent to an activating group) is 1. The van der Waals surface area contributed by atoms with Crippen LogP contribution in [0.15, 0.2) is 36.7 Å². The smallest absolute Gasteiger partial charge is 0.163 e. The SMILES string of the molecule is CNC(C)COc1cnc(-c2ccccc2OC)nc1. The van der Waals surface area contributed by atoms with Crippen molar-refractivity contribution in [3.05, 3.63) is 36.7 Å². The van der Waals surface area contributed by atoms with Crippen LogP contribution in [0.25, 0.3) is 11.4 Å². The summed E-state index contributed by atoms with van der Waals surface area (Å²) >= 11 is 0. The van der Waals surface area contributed by atoms with E-state index in [-0.39, 0.29) is 6.04 Å². The Labute approximate surface area is 119 Å². The Morgan fingerprint density at radius 1 is 1.20 bits per heavy atom. The molecule has 0 aliphatic carbocycles. The van der Waals surface area contributed by atoms with E-state index in [2.05, 4.69) is 15.3 Å². The lowest BCUT2D eigenvalue weighted by atomic mass is 10.2. The molecular weight excluding hydrogens is 254 g/mol. The topological polar surface area (TPSA) is 56.3 Å². The van der Waals surface area contributed by atoms with E-state index in [1.54, 1.807) is 19.5 Å². The number of ether oxygens (including phenoxy) is 2. The monoisotopic (exact) mass is 273 g/mol. The summed E-state index contributed by atoms with van der Waals surface area (Å²) in [5, 5.41) is 3.11. The van der Waals surface area contributed by atoms with E-state index in [4.69, 9.17) is 9.47 Å². The van der Waals surface area contributed by atoms with Gasteiger partial charge < -0.3 is 14.8 Å². The van der Waals surface area contributed by atoms with Crippen molar-refractivity contribution in [1.29, 1.82) is 0 Å². The number of hydrogen-bond donors (Lipinski definition) is 1. The predicted octanol–water partition coefficient (Wildman–Crippen LogP) is 2.14. The molecule has 1 N–H and O–H groups in total. The second kappa shape index (κ2) is 6.86. The molecule has 0 bridgehead atoms. The molecule has 5 nitrogen and oxygen atoms in total. The first kappa shape index (κ1) is 14.3. The van der Waals surface area contributed by atoms with E-state index in [1.165, 1.54) is 0 Å². The molecule has 2 aromatic rings. The molecular formula is C15H19N3O2. The van der Waals surface area contributed by atoms with Crippen molar-refractivity contribution in [3.8, 4) is 22.9 Å². The lowest BCUT2D eigenvalue weighted by Crippen LogP contribution is -2.28. The first-order valence-corrected chi connectivity index (χ1v) is 6.50. The molecule has 1 aromatic heterocycles. The zero-order valence-corrected chi connectivity index (χ0v) is 12.0. The van der Waals surface area contributed by atoms with Gasteiger partial charge >= 0.3 is 0 Å². The normalized spacial score (nSPS) is 11.9. The second-order valence-electron chi connectivity index (χ2n) is 4.44. The lowest BCUT2D eigenvalue weighted by Gasteiger charge is -2.12. The fourth-order valence-corrected chi connectivity index (χ4v) is 1.66. The average molecular weight is 273 g/mol. The van der Waals surface area contributed by atoms with Crippen LogP contribution in [0.3, 0.4) is 0 Å². The fraction of sp³-hybridized carbons (Fsp3) is 0.333. The number of benzene rings is 1. The Balaban J connectivity index is 2.11. The highest BCUT2D eigenvalue weighted by Gasteiger charge is 2.08. The molecule has 0 saturated heterocycles. The summed E-state index contributed by atoms with van der Waals surface area (Å²) < 4.78 is 10.9. The molecule has 1 atom stereocenters. The molecule has 20 heavy (non-hydrogen) atoms. The van der Waals surface area contributed by atoms with Crippen LogP contribution in [0.2, 0.25) is 0 Å². The van der Waals surface area contributed by atoms with Crippen LogP contribution < -0.4 is 14.8 Å². The van der Waals surface area contributed by atoms with E-state index in [0.717, 1.165) is 11.3 Å². The summed E-state index contributed by atoms with van der Waals surface area (Å²) in [4.78, 5) is 8.65. The van der Waals surface area contributed by atoms with Gasteiger partial charge in [-0.25, -0.2) is 9.97 Å². The van der Waals surface area contributed by atoms with Crippen molar-refractivity contribution in [1.82, 2.24) is 15.3 Å². The number of rotatable bonds is 6. The molecule has 1 unspecified atom stereocenters. The quantitative estimate of drug-likeness (QED) is 0.874. The van der Waals surface area contributed by atoms with Gasteiger partial charge in [-0.05, 0) is 26.1 Å². The molecule has 5 heteroatoms. The van der Waals surface area contributed by atoms with Crippen LogP contribution in [0.5, 0.6) is 11.5 Å². The molecule has 0 saturated carbocycles. The van der Waals surface area contributed by atoms with Crippen LogP contribution in [0, 0.1) is 0 Å². The second-order valence-corrected chi connectivity index (χ2v) is 4.44. The molecule has 0 radical (unpaired) electrons. The zero-order chi connectivity index (χ0) is 14.4. The number of aromatic nitrogens is 2. The number of nitrogens with one attached hydrogen (secondary N) is 1. The van der Waals surface area contributed by atoms with E-state index >= 15 is 0 Å². The summed E-state index contributed by atoms with van der Waals surface area (Å²) in [5.41, 5.74) is 0.866. The summed E-state index contributed by atoms with van der Waals surface area (Å²) in [6, 6.07) is 7.94. The third-order valence-electron chi connectivity index (χ3n) is 2.97. The van der Waals surface area contributed by atoms with Crippen LogP contribution in [-0.2, 0) is 0 Å². The van der Waals surface area contributed by atoms with Gasteiger partial charge in [-0.15, -0.1) is 0 Å². The molecule has 0 spiro atoms. The summed E-state index contributed by atoms with van der Waals surface area (Å²) in [7, 11) is 3.53. The maximum absolute atomic E-state index is 5.59. The first-order chi connectivity index (χ1) is 9.74. The van der Waals surface area contributed by atoms with Crippen LogP contribution in [-0.4, -0.2) is 36.8 Å². The van der Waals surface area contributed by atoms with Crippen molar-refractivity contribution < 1.29 is 9.47 Å². The van der Waals surface area contributed by atoms with Gasteiger partial charge in [0, 0.05) is 6.04 Å². The summed E-state index contributed by atoms with van der Waals surface area (Å²) in [5.74, 6) is 2.03. The van der Waals surface area contributed by atoms with Crippen molar-refractivity contribution in [2.75, 3.05) is 20.8 Å². The molecule has 1 aromatic carbocycles. The number of para-hydroxylation sites is 1. The van der Waals surface area contributed by atoms with Crippen molar-refractivity contribution >= 4 is 0 Å². The number of nitrogens with zero attached hydrogens (tertiary/aromatic N) is 2. The highest BCUT2D eigenvalue weighted by atomic mass is 16.5. The Hall–Kier alpha value is -2.14. The number of hydrogen-bond acceptors (Lipinski definition) is 5. The van der Waals surface area contributed by atoms with E-state index in [0.29, 0.717) is 18.2 Å². The Morgan fingerprint density at radius 2 is 1.90 bits per heavy atom. The Bertz CT molecular complexity index is 543.